The van der Waals surface area contributed by atoms with Crippen LogP contribution in [0, 0.1) is 0 Å². The van der Waals surface area contributed by atoms with Crippen molar-refractivity contribution in [2.24, 2.45) is 0 Å². The van der Waals surface area contributed by atoms with Crippen LogP contribution < -0.4 is 10.1 Å². The van der Waals surface area contributed by atoms with Gasteiger partial charge in [-0.3, -0.25) is 0 Å². The molecule has 1 heterocycles. The fourth-order valence-electron chi connectivity index (χ4n) is 0.925. The van der Waals surface area contributed by atoms with Crippen molar-refractivity contribution in [3.8, 4) is 6.01 Å². The van der Waals surface area contributed by atoms with E-state index in [-0.39, 0.29) is 11.4 Å². The van der Waals surface area contributed by atoms with Gasteiger partial charge in [-0.2, -0.15) is 4.98 Å². The highest BCUT2D eigenvalue weighted by atomic mass is 35.5. The van der Waals surface area contributed by atoms with Crippen molar-refractivity contribution >= 4 is 29.0 Å². The summed E-state index contributed by atoms with van der Waals surface area (Å²) in [5.74, 6) is 0.544. The predicted octanol–water partition coefficient (Wildman–Crippen LogP) is 2.57. The number of hydrogen-bond acceptors (Lipinski definition) is 4. The van der Waals surface area contributed by atoms with Gasteiger partial charge in [-0.15, -0.1) is 11.6 Å². The van der Waals surface area contributed by atoms with Crippen LogP contribution in [0.5, 0.6) is 6.01 Å². The summed E-state index contributed by atoms with van der Waals surface area (Å²) < 4.78 is 4.89. The first kappa shape index (κ1) is 12.3. The fourth-order valence-corrected chi connectivity index (χ4v) is 1.16. The topological polar surface area (TPSA) is 47.0 Å². The Balaban J connectivity index is 2.66. The Morgan fingerprint density at radius 1 is 1.60 bits per heavy atom. The number of nitrogens with one attached hydrogen (secondary N) is 1. The number of anilines is 1. The van der Waals surface area contributed by atoms with Crippen molar-refractivity contribution in [3.05, 3.63) is 11.2 Å². The van der Waals surface area contributed by atoms with Crippen molar-refractivity contribution in [1.29, 1.82) is 0 Å². The number of methoxy groups -OCH3 is 1. The highest BCUT2D eigenvalue weighted by Gasteiger charge is 2.07. The maximum atomic E-state index is 5.96. The second-order valence-electron chi connectivity index (χ2n) is 2.94. The lowest BCUT2D eigenvalue weighted by Crippen LogP contribution is -2.14. The van der Waals surface area contributed by atoms with E-state index in [1.54, 1.807) is 0 Å². The van der Waals surface area contributed by atoms with Crippen LogP contribution in [0.25, 0.3) is 0 Å². The van der Waals surface area contributed by atoms with Gasteiger partial charge in [0.15, 0.2) is 5.82 Å². The van der Waals surface area contributed by atoms with E-state index in [9.17, 15) is 0 Å². The van der Waals surface area contributed by atoms with Crippen molar-refractivity contribution in [2.45, 2.75) is 18.7 Å². The van der Waals surface area contributed by atoms with Crippen LogP contribution in [0.3, 0.4) is 0 Å². The highest BCUT2D eigenvalue weighted by Crippen LogP contribution is 2.20. The molecule has 0 aliphatic rings. The Labute approximate surface area is 99.0 Å². The van der Waals surface area contributed by atoms with Gasteiger partial charge in [0.1, 0.15) is 5.02 Å². The average Bonchev–Trinajstić information content (AvgIpc) is 2.27. The molecule has 1 unspecified atom stereocenters. The normalized spacial score (nSPS) is 12.3. The summed E-state index contributed by atoms with van der Waals surface area (Å²) in [5, 5.41) is 3.56. The summed E-state index contributed by atoms with van der Waals surface area (Å²) in [6.07, 6.45) is 2.37. The lowest BCUT2D eigenvalue weighted by molar-refractivity contribution is 0.380. The van der Waals surface area contributed by atoms with Crippen LogP contribution in [0.2, 0.25) is 5.02 Å². The molecule has 0 saturated carbocycles. The minimum Gasteiger partial charge on any atom is -0.467 e. The number of halogens is 2. The van der Waals surface area contributed by atoms with E-state index in [1.165, 1.54) is 13.3 Å². The van der Waals surface area contributed by atoms with E-state index in [0.717, 1.165) is 6.42 Å². The van der Waals surface area contributed by atoms with Gasteiger partial charge in [0.25, 0.3) is 0 Å². The molecule has 15 heavy (non-hydrogen) atoms. The summed E-state index contributed by atoms with van der Waals surface area (Å²) in [6.45, 7) is 2.62. The van der Waals surface area contributed by atoms with E-state index < -0.39 is 0 Å². The van der Waals surface area contributed by atoms with Crippen LogP contribution in [-0.2, 0) is 0 Å². The van der Waals surface area contributed by atoms with E-state index in [2.05, 4.69) is 15.3 Å². The zero-order valence-electron chi connectivity index (χ0n) is 8.63. The second-order valence-corrected chi connectivity index (χ2v) is 3.96. The Morgan fingerprint density at radius 3 is 2.93 bits per heavy atom. The molecule has 1 aromatic heterocycles. The van der Waals surface area contributed by atoms with E-state index >= 15 is 0 Å². The first-order chi connectivity index (χ1) is 7.17. The molecule has 4 nitrogen and oxygen atoms in total. The van der Waals surface area contributed by atoms with Gasteiger partial charge < -0.3 is 10.1 Å². The standard InChI is InChI=1S/C9H13Cl2N3O/c1-3-6(10)4-12-8-7(11)5-13-9(14-8)15-2/h5-6H,3-4H2,1-2H3,(H,12,13,14). The molecule has 0 spiro atoms. The Hall–Kier alpha value is -0.740. The number of rotatable bonds is 5. The van der Waals surface area contributed by atoms with Gasteiger partial charge in [-0.05, 0) is 6.42 Å². The molecule has 1 N–H and O–H groups in total. The number of nitrogens with zero attached hydrogens (tertiary/aromatic N) is 2. The van der Waals surface area contributed by atoms with Crippen LogP contribution in [-0.4, -0.2) is 29.0 Å². The van der Waals surface area contributed by atoms with Crippen molar-refractivity contribution in [2.75, 3.05) is 19.0 Å². The van der Waals surface area contributed by atoms with Crippen LogP contribution >= 0.6 is 23.2 Å². The molecule has 0 bridgehead atoms. The molecule has 1 aromatic rings. The molecule has 0 aliphatic heterocycles. The third kappa shape index (κ3) is 3.72. The van der Waals surface area contributed by atoms with Gasteiger partial charge in [0, 0.05) is 6.54 Å². The van der Waals surface area contributed by atoms with Gasteiger partial charge in [-0.25, -0.2) is 4.98 Å². The molecule has 6 heteroatoms. The maximum Gasteiger partial charge on any atom is 0.318 e. The Morgan fingerprint density at radius 2 is 2.33 bits per heavy atom. The number of alkyl halides is 1. The first-order valence-electron chi connectivity index (χ1n) is 4.61. The lowest BCUT2D eigenvalue weighted by Gasteiger charge is -2.10. The molecule has 0 fully saturated rings. The predicted molar refractivity (Wildman–Crippen MR) is 62.0 cm³/mol. The third-order valence-electron chi connectivity index (χ3n) is 1.84. The quantitative estimate of drug-likeness (QED) is 0.816. The van der Waals surface area contributed by atoms with E-state index in [4.69, 9.17) is 27.9 Å². The molecular formula is C9H13Cl2N3O. The smallest absolute Gasteiger partial charge is 0.318 e. The molecule has 0 radical (unpaired) electrons. The van der Waals surface area contributed by atoms with Crippen molar-refractivity contribution < 1.29 is 4.74 Å². The minimum absolute atomic E-state index is 0.0574. The third-order valence-corrected chi connectivity index (χ3v) is 2.58. The second kappa shape index (κ2) is 5.98. The summed E-state index contributed by atoms with van der Waals surface area (Å²) in [4.78, 5) is 7.93. The van der Waals surface area contributed by atoms with Crippen LogP contribution in [0.4, 0.5) is 5.82 Å². The molecule has 0 aromatic carbocycles. The number of ether oxygens (including phenoxy) is 1. The number of aromatic nitrogens is 2. The zero-order valence-corrected chi connectivity index (χ0v) is 10.1. The largest absolute Gasteiger partial charge is 0.467 e. The Kier molecular flexibility index (Phi) is 4.91. The van der Waals surface area contributed by atoms with Crippen LogP contribution in [0.15, 0.2) is 6.20 Å². The summed E-state index contributed by atoms with van der Waals surface area (Å²) in [6, 6.07) is 0.282. The monoisotopic (exact) mass is 249 g/mol. The molecule has 1 atom stereocenters. The van der Waals surface area contributed by atoms with Gasteiger partial charge in [-0.1, -0.05) is 18.5 Å². The molecule has 84 valence electrons. The van der Waals surface area contributed by atoms with Gasteiger partial charge in [0.05, 0.1) is 18.7 Å². The van der Waals surface area contributed by atoms with Crippen molar-refractivity contribution in [3.63, 3.8) is 0 Å². The zero-order chi connectivity index (χ0) is 11.3. The number of hydrogen-bond donors (Lipinski definition) is 1. The SMILES string of the molecule is CCC(Cl)CNc1nc(OC)ncc1Cl. The lowest BCUT2D eigenvalue weighted by atomic mass is 10.3. The minimum atomic E-state index is 0.0574. The van der Waals surface area contributed by atoms with Crippen molar-refractivity contribution in [1.82, 2.24) is 9.97 Å². The van der Waals surface area contributed by atoms with Gasteiger partial charge in [0.2, 0.25) is 0 Å². The fraction of sp³-hybridized carbons (Fsp3) is 0.556. The average molecular weight is 250 g/mol. The molecule has 0 saturated heterocycles. The molecule has 0 amide bonds. The molecule has 1 rings (SSSR count). The Bertz CT molecular complexity index is 322. The first-order valence-corrected chi connectivity index (χ1v) is 5.43. The highest BCUT2D eigenvalue weighted by molar-refractivity contribution is 6.32. The summed E-state index contributed by atoms with van der Waals surface area (Å²) >= 11 is 11.9. The molecular weight excluding hydrogens is 237 g/mol. The maximum absolute atomic E-state index is 5.96. The van der Waals surface area contributed by atoms with E-state index in [1.807, 2.05) is 6.92 Å². The summed E-state index contributed by atoms with van der Waals surface area (Å²) in [5.41, 5.74) is 0. The van der Waals surface area contributed by atoms with Gasteiger partial charge >= 0.3 is 6.01 Å². The van der Waals surface area contributed by atoms with Crippen LogP contribution in [0.1, 0.15) is 13.3 Å². The summed E-state index contributed by atoms with van der Waals surface area (Å²) in [7, 11) is 1.50. The molecule has 0 aliphatic carbocycles. The van der Waals surface area contributed by atoms with E-state index in [0.29, 0.717) is 17.4 Å².